The Bertz CT molecular complexity index is 434. The fourth-order valence-electron chi connectivity index (χ4n) is 1.43. The number of carbonyl (C=O) groups is 3. The van der Waals surface area contributed by atoms with Crippen LogP contribution in [0, 0.1) is 6.92 Å². The molecule has 17 heavy (non-hydrogen) atoms. The third-order valence-electron chi connectivity index (χ3n) is 2.33. The molecule has 0 aromatic heterocycles. The van der Waals surface area contributed by atoms with Gasteiger partial charge < -0.3 is 4.74 Å². The monoisotopic (exact) mass is 235 g/mol. The maximum atomic E-state index is 11.8. The number of nitrogens with zero attached hydrogens (tertiary/aromatic N) is 1. The summed E-state index contributed by atoms with van der Waals surface area (Å²) < 4.78 is 5.02. The SMILES string of the molecule is COc1ccc(C(=O)CN(C=O)C=O)c(C)c1. The molecule has 0 saturated heterocycles. The van der Waals surface area contributed by atoms with Gasteiger partial charge in [-0.1, -0.05) is 0 Å². The number of rotatable bonds is 6. The summed E-state index contributed by atoms with van der Waals surface area (Å²) in [6.45, 7) is 1.52. The molecule has 1 rings (SSSR count). The molecule has 0 atom stereocenters. The van der Waals surface area contributed by atoms with Crippen LogP contribution in [0.1, 0.15) is 15.9 Å². The van der Waals surface area contributed by atoms with Gasteiger partial charge in [-0.2, -0.15) is 0 Å². The predicted molar refractivity (Wildman–Crippen MR) is 60.9 cm³/mol. The highest BCUT2D eigenvalue weighted by atomic mass is 16.5. The van der Waals surface area contributed by atoms with Crippen LogP contribution < -0.4 is 4.74 Å². The molecule has 1 aromatic rings. The quantitative estimate of drug-likeness (QED) is 0.540. The van der Waals surface area contributed by atoms with E-state index in [4.69, 9.17) is 4.74 Å². The number of hydrogen-bond acceptors (Lipinski definition) is 4. The highest BCUT2D eigenvalue weighted by Crippen LogP contribution is 2.17. The van der Waals surface area contributed by atoms with E-state index >= 15 is 0 Å². The van der Waals surface area contributed by atoms with Crippen molar-refractivity contribution in [1.82, 2.24) is 4.90 Å². The molecule has 2 amide bonds. The largest absolute Gasteiger partial charge is 0.497 e. The molecule has 0 saturated carbocycles. The van der Waals surface area contributed by atoms with Crippen molar-refractivity contribution in [2.45, 2.75) is 6.92 Å². The molecule has 0 aliphatic rings. The fraction of sp³-hybridized carbons (Fsp3) is 0.250. The molecular formula is C12H13NO4. The summed E-state index contributed by atoms with van der Waals surface area (Å²) in [7, 11) is 1.54. The summed E-state index contributed by atoms with van der Waals surface area (Å²) in [5.41, 5.74) is 1.21. The second-order valence-corrected chi connectivity index (χ2v) is 3.49. The molecule has 5 nitrogen and oxygen atoms in total. The van der Waals surface area contributed by atoms with Gasteiger partial charge in [-0.3, -0.25) is 19.3 Å². The van der Waals surface area contributed by atoms with Crippen molar-refractivity contribution >= 4 is 18.6 Å². The Balaban J connectivity index is 2.89. The zero-order chi connectivity index (χ0) is 12.8. The molecule has 0 N–H and O–H groups in total. The van der Waals surface area contributed by atoms with Gasteiger partial charge in [-0.25, -0.2) is 0 Å². The lowest BCUT2D eigenvalue weighted by atomic mass is 10.0. The maximum Gasteiger partial charge on any atom is 0.216 e. The second-order valence-electron chi connectivity index (χ2n) is 3.49. The first-order chi connectivity index (χ1) is 8.12. The van der Waals surface area contributed by atoms with Crippen LogP contribution in [0.4, 0.5) is 0 Å². The van der Waals surface area contributed by atoms with Crippen LogP contribution in [0.3, 0.4) is 0 Å². The minimum Gasteiger partial charge on any atom is -0.497 e. The number of Topliss-reactive ketones (excluding diaryl/α,β-unsaturated/α-hetero) is 1. The van der Waals surface area contributed by atoms with Crippen molar-refractivity contribution in [3.05, 3.63) is 29.3 Å². The van der Waals surface area contributed by atoms with Crippen molar-refractivity contribution in [2.75, 3.05) is 13.7 Å². The lowest BCUT2D eigenvalue weighted by Crippen LogP contribution is -2.27. The van der Waals surface area contributed by atoms with E-state index in [0.29, 0.717) is 24.1 Å². The first kappa shape index (κ1) is 12.9. The third-order valence-corrected chi connectivity index (χ3v) is 2.33. The van der Waals surface area contributed by atoms with Gasteiger partial charge in [-0.05, 0) is 30.7 Å². The van der Waals surface area contributed by atoms with E-state index in [1.54, 1.807) is 25.1 Å². The number of amides is 2. The van der Waals surface area contributed by atoms with E-state index in [1.165, 1.54) is 7.11 Å². The molecule has 0 unspecified atom stereocenters. The molecular weight excluding hydrogens is 222 g/mol. The highest BCUT2D eigenvalue weighted by molar-refractivity contribution is 6.00. The molecule has 0 spiro atoms. The van der Waals surface area contributed by atoms with Crippen LogP contribution in [0.25, 0.3) is 0 Å². The zero-order valence-electron chi connectivity index (χ0n) is 9.67. The molecule has 0 fully saturated rings. The van der Waals surface area contributed by atoms with Crippen molar-refractivity contribution in [1.29, 1.82) is 0 Å². The number of imide groups is 1. The Morgan fingerprint density at radius 1 is 1.35 bits per heavy atom. The van der Waals surface area contributed by atoms with Gasteiger partial charge in [0, 0.05) is 5.56 Å². The lowest BCUT2D eigenvalue weighted by molar-refractivity contribution is -0.128. The number of benzene rings is 1. The van der Waals surface area contributed by atoms with Crippen LogP contribution in [0.2, 0.25) is 0 Å². The number of hydrogen-bond donors (Lipinski definition) is 0. The molecule has 0 radical (unpaired) electrons. The highest BCUT2D eigenvalue weighted by Gasteiger charge is 2.13. The van der Waals surface area contributed by atoms with Gasteiger partial charge in [-0.15, -0.1) is 0 Å². The van der Waals surface area contributed by atoms with Crippen molar-refractivity contribution in [2.24, 2.45) is 0 Å². The Morgan fingerprint density at radius 3 is 2.47 bits per heavy atom. The molecule has 0 bridgehead atoms. The summed E-state index contributed by atoms with van der Waals surface area (Å²) in [6, 6.07) is 5.00. The van der Waals surface area contributed by atoms with E-state index in [2.05, 4.69) is 0 Å². The van der Waals surface area contributed by atoms with Gasteiger partial charge in [0.1, 0.15) is 5.75 Å². The van der Waals surface area contributed by atoms with Crippen LogP contribution >= 0.6 is 0 Å². The number of methoxy groups -OCH3 is 1. The second kappa shape index (κ2) is 5.79. The Labute approximate surface area is 99.0 Å². The first-order valence-corrected chi connectivity index (χ1v) is 4.96. The van der Waals surface area contributed by atoms with Gasteiger partial charge in [0.2, 0.25) is 12.8 Å². The molecule has 5 heteroatoms. The topological polar surface area (TPSA) is 63.7 Å². The lowest BCUT2D eigenvalue weighted by Gasteiger charge is -2.10. The average Bonchev–Trinajstić information content (AvgIpc) is 2.35. The zero-order valence-corrected chi connectivity index (χ0v) is 9.67. The van der Waals surface area contributed by atoms with Crippen LogP contribution in [0.5, 0.6) is 5.75 Å². The number of ketones is 1. The molecule has 0 aliphatic carbocycles. The molecule has 90 valence electrons. The summed E-state index contributed by atoms with van der Waals surface area (Å²) in [5.74, 6) is 0.367. The van der Waals surface area contributed by atoms with Crippen LogP contribution in [-0.4, -0.2) is 37.2 Å². The van der Waals surface area contributed by atoms with Gasteiger partial charge in [0.15, 0.2) is 5.78 Å². The maximum absolute atomic E-state index is 11.8. The summed E-state index contributed by atoms with van der Waals surface area (Å²) >= 11 is 0. The van der Waals surface area contributed by atoms with Gasteiger partial charge >= 0.3 is 0 Å². The Morgan fingerprint density at radius 2 is 2.00 bits per heavy atom. The smallest absolute Gasteiger partial charge is 0.216 e. The Hall–Kier alpha value is -2.17. The van der Waals surface area contributed by atoms with E-state index < -0.39 is 0 Å². The summed E-state index contributed by atoms with van der Waals surface area (Å²) in [4.78, 5) is 33.4. The van der Waals surface area contributed by atoms with E-state index in [9.17, 15) is 14.4 Å². The normalized spacial score (nSPS) is 9.53. The molecule has 1 aromatic carbocycles. The summed E-state index contributed by atoms with van der Waals surface area (Å²) in [6.07, 6.45) is 0.646. The molecule has 0 aliphatic heterocycles. The van der Waals surface area contributed by atoms with E-state index in [-0.39, 0.29) is 12.3 Å². The standard InChI is InChI=1S/C12H13NO4/c1-9-5-10(17-2)3-4-11(9)12(16)6-13(7-14)8-15/h3-5,7-8H,6H2,1-2H3. The van der Waals surface area contributed by atoms with E-state index in [1.807, 2.05) is 0 Å². The van der Waals surface area contributed by atoms with Crippen molar-refractivity contribution in [3.8, 4) is 5.75 Å². The van der Waals surface area contributed by atoms with Crippen LogP contribution in [-0.2, 0) is 9.59 Å². The van der Waals surface area contributed by atoms with Crippen molar-refractivity contribution < 1.29 is 19.1 Å². The van der Waals surface area contributed by atoms with Crippen molar-refractivity contribution in [3.63, 3.8) is 0 Å². The van der Waals surface area contributed by atoms with Crippen LogP contribution in [0.15, 0.2) is 18.2 Å². The first-order valence-electron chi connectivity index (χ1n) is 4.96. The minimum atomic E-state index is -0.288. The predicted octanol–water partition coefficient (Wildman–Crippen LogP) is 0.801. The number of carbonyl (C=O) groups excluding carboxylic acids is 3. The summed E-state index contributed by atoms with van der Waals surface area (Å²) in [5, 5.41) is 0. The Kier molecular flexibility index (Phi) is 4.39. The minimum absolute atomic E-state index is 0.250. The third kappa shape index (κ3) is 3.14. The van der Waals surface area contributed by atoms with E-state index in [0.717, 1.165) is 10.5 Å². The number of aryl methyl sites for hydroxylation is 1. The number of ether oxygens (including phenoxy) is 1. The van der Waals surface area contributed by atoms with Gasteiger partial charge in [0.25, 0.3) is 0 Å². The average molecular weight is 235 g/mol. The molecule has 0 heterocycles. The fourth-order valence-corrected chi connectivity index (χ4v) is 1.43. The van der Waals surface area contributed by atoms with Gasteiger partial charge in [0.05, 0.1) is 13.7 Å².